The fraction of sp³-hybridized carbons (Fsp3) is 0.0714. The molecule has 2 nitrogen and oxygen atoms in total. The molecule has 0 spiro atoms. The summed E-state index contributed by atoms with van der Waals surface area (Å²) in [6.07, 6.45) is 0. The predicted molar refractivity (Wildman–Crippen MR) is 68.1 cm³/mol. The molecule has 0 saturated carbocycles. The van der Waals surface area contributed by atoms with Crippen molar-refractivity contribution in [3.8, 4) is 22.9 Å². The molecule has 0 aromatic heterocycles. The molecule has 0 aliphatic rings. The summed E-state index contributed by atoms with van der Waals surface area (Å²) < 4.78 is 18.6. The highest BCUT2D eigenvalue weighted by Crippen LogP contribution is 2.32. The summed E-state index contributed by atoms with van der Waals surface area (Å²) in [5.74, 6) is -0.0498. The molecule has 2 rings (SSSR count). The van der Waals surface area contributed by atoms with Crippen molar-refractivity contribution in [2.45, 2.75) is 0 Å². The summed E-state index contributed by atoms with van der Waals surface area (Å²) in [7, 11) is 1.50. The second-order valence-electron chi connectivity index (χ2n) is 3.62. The fourth-order valence-corrected chi connectivity index (χ4v) is 1.90. The lowest BCUT2D eigenvalue weighted by Gasteiger charge is -2.08. The van der Waals surface area contributed by atoms with E-state index in [1.54, 1.807) is 30.3 Å². The average molecular weight is 262 g/mol. The molecule has 0 N–H and O–H groups in total. The van der Waals surface area contributed by atoms with Gasteiger partial charge in [0.15, 0.2) is 0 Å². The molecule has 0 aliphatic carbocycles. The van der Waals surface area contributed by atoms with Gasteiger partial charge in [0.1, 0.15) is 17.6 Å². The molecule has 0 atom stereocenters. The van der Waals surface area contributed by atoms with Crippen LogP contribution < -0.4 is 4.74 Å². The SMILES string of the molecule is COc1cc(-c2cccc(F)c2C#N)ccc1Cl. The van der Waals surface area contributed by atoms with Gasteiger partial charge >= 0.3 is 0 Å². The van der Waals surface area contributed by atoms with Crippen molar-refractivity contribution >= 4 is 11.6 Å². The Bertz CT molecular complexity index is 634. The van der Waals surface area contributed by atoms with Crippen LogP contribution in [0.3, 0.4) is 0 Å². The van der Waals surface area contributed by atoms with Crippen LogP contribution in [0.2, 0.25) is 5.02 Å². The number of ether oxygens (including phenoxy) is 1. The summed E-state index contributed by atoms with van der Waals surface area (Å²) >= 11 is 5.92. The first kappa shape index (κ1) is 12.4. The summed E-state index contributed by atoms with van der Waals surface area (Å²) in [4.78, 5) is 0. The van der Waals surface area contributed by atoms with Crippen LogP contribution in [-0.4, -0.2) is 7.11 Å². The molecular weight excluding hydrogens is 253 g/mol. The topological polar surface area (TPSA) is 33.0 Å². The number of hydrogen-bond acceptors (Lipinski definition) is 2. The first-order chi connectivity index (χ1) is 8.67. The first-order valence-corrected chi connectivity index (χ1v) is 5.57. The maximum atomic E-state index is 13.5. The summed E-state index contributed by atoms with van der Waals surface area (Å²) in [5, 5.41) is 9.46. The van der Waals surface area contributed by atoms with Crippen LogP contribution in [0, 0.1) is 17.1 Å². The Morgan fingerprint density at radius 2 is 2.06 bits per heavy atom. The van der Waals surface area contributed by atoms with Crippen molar-refractivity contribution in [2.75, 3.05) is 7.11 Å². The van der Waals surface area contributed by atoms with E-state index >= 15 is 0 Å². The Balaban J connectivity index is 2.63. The Labute approximate surface area is 109 Å². The van der Waals surface area contributed by atoms with Crippen LogP contribution in [0.15, 0.2) is 36.4 Å². The minimum atomic E-state index is -0.538. The monoisotopic (exact) mass is 261 g/mol. The Kier molecular flexibility index (Phi) is 3.50. The van der Waals surface area contributed by atoms with Crippen molar-refractivity contribution in [3.05, 3.63) is 52.8 Å². The maximum Gasteiger partial charge on any atom is 0.141 e. The smallest absolute Gasteiger partial charge is 0.141 e. The predicted octanol–water partition coefficient (Wildman–Crippen LogP) is 4.03. The van der Waals surface area contributed by atoms with Gasteiger partial charge in [0.25, 0.3) is 0 Å². The van der Waals surface area contributed by atoms with E-state index in [-0.39, 0.29) is 5.56 Å². The normalized spacial score (nSPS) is 9.89. The zero-order valence-corrected chi connectivity index (χ0v) is 10.3. The number of benzene rings is 2. The van der Waals surface area contributed by atoms with Crippen molar-refractivity contribution in [1.82, 2.24) is 0 Å². The summed E-state index contributed by atoms with van der Waals surface area (Å²) in [6.45, 7) is 0. The van der Waals surface area contributed by atoms with Crippen LogP contribution in [0.1, 0.15) is 5.56 Å². The van der Waals surface area contributed by atoms with Gasteiger partial charge in [0, 0.05) is 5.56 Å². The first-order valence-electron chi connectivity index (χ1n) is 5.20. The van der Waals surface area contributed by atoms with Gasteiger partial charge in [-0.15, -0.1) is 0 Å². The highest BCUT2D eigenvalue weighted by Gasteiger charge is 2.11. The number of nitriles is 1. The molecule has 90 valence electrons. The standard InChI is InChI=1S/C14H9ClFNO/c1-18-14-7-9(5-6-12(14)15)10-3-2-4-13(16)11(10)8-17/h2-7H,1H3. The van der Waals surface area contributed by atoms with Gasteiger partial charge in [-0.2, -0.15) is 5.26 Å². The minimum Gasteiger partial charge on any atom is -0.495 e. The Morgan fingerprint density at radius 1 is 1.28 bits per heavy atom. The number of nitrogens with zero attached hydrogens (tertiary/aromatic N) is 1. The van der Waals surface area contributed by atoms with Gasteiger partial charge in [-0.05, 0) is 23.8 Å². The molecule has 0 radical (unpaired) electrons. The third-order valence-electron chi connectivity index (χ3n) is 2.59. The zero-order chi connectivity index (χ0) is 13.1. The molecule has 4 heteroatoms. The van der Waals surface area contributed by atoms with E-state index in [9.17, 15) is 4.39 Å². The lowest BCUT2D eigenvalue weighted by molar-refractivity contribution is 0.415. The quantitative estimate of drug-likeness (QED) is 0.818. The number of rotatable bonds is 2. The van der Waals surface area contributed by atoms with Gasteiger partial charge in [0.2, 0.25) is 0 Å². The number of hydrogen-bond donors (Lipinski definition) is 0. The van der Waals surface area contributed by atoms with Gasteiger partial charge in [-0.3, -0.25) is 0 Å². The second-order valence-corrected chi connectivity index (χ2v) is 4.03. The van der Waals surface area contributed by atoms with Crippen LogP contribution in [0.25, 0.3) is 11.1 Å². The van der Waals surface area contributed by atoms with E-state index in [2.05, 4.69) is 0 Å². The summed E-state index contributed by atoms with van der Waals surface area (Å²) in [6, 6.07) is 11.4. The van der Waals surface area contributed by atoms with Crippen LogP contribution in [-0.2, 0) is 0 Å². The molecule has 2 aromatic rings. The van der Waals surface area contributed by atoms with Crippen LogP contribution in [0.4, 0.5) is 4.39 Å². The van der Waals surface area contributed by atoms with Gasteiger partial charge in [-0.1, -0.05) is 29.8 Å². The van der Waals surface area contributed by atoms with Crippen LogP contribution >= 0.6 is 11.6 Å². The van der Waals surface area contributed by atoms with E-state index in [4.69, 9.17) is 21.6 Å². The third kappa shape index (κ3) is 2.15. The van der Waals surface area contributed by atoms with Crippen molar-refractivity contribution in [3.63, 3.8) is 0 Å². The third-order valence-corrected chi connectivity index (χ3v) is 2.90. The molecule has 0 amide bonds. The second kappa shape index (κ2) is 5.07. The van der Waals surface area contributed by atoms with E-state index in [0.29, 0.717) is 21.9 Å². The molecule has 0 fully saturated rings. The number of methoxy groups -OCH3 is 1. The molecule has 0 heterocycles. The van der Waals surface area contributed by atoms with Gasteiger partial charge < -0.3 is 4.74 Å². The zero-order valence-electron chi connectivity index (χ0n) is 9.58. The molecule has 0 unspecified atom stereocenters. The van der Waals surface area contributed by atoms with E-state index in [0.717, 1.165) is 0 Å². The lowest BCUT2D eigenvalue weighted by Crippen LogP contribution is -1.90. The maximum absolute atomic E-state index is 13.5. The van der Waals surface area contributed by atoms with Gasteiger partial charge in [-0.25, -0.2) is 4.39 Å². The Hall–Kier alpha value is -2.05. The minimum absolute atomic E-state index is 0.0156. The molecular formula is C14H9ClFNO. The molecule has 2 aromatic carbocycles. The highest BCUT2D eigenvalue weighted by molar-refractivity contribution is 6.32. The molecule has 0 saturated heterocycles. The largest absolute Gasteiger partial charge is 0.495 e. The molecule has 18 heavy (non-hydrogen) atoms. The van der Waals surface area contributed by atoms with E-state index in [1.807, 2.05) is 6.07 Å². The van der Waals surface area contributed by atoms with Crippen molar-refractivity contribution in [1.29, 1.82) is 5.26 Å². The average Bonchev–Trinajstić information content (AvgIpc) is 2.39. The van der Waals surface area contributed by atoms with Crippen LogP contribution in [0.5, 0.6) is 5.75 Å². The number of halogens is 2. The molecule has 0 aliphatic heterocycles. The molecule has 0 bridgehead atoms. The van der Waals surface area contributed by atoms with E-state index < -0.39 is 5.82 Å². The van der Waals surface area contributed by atoms with Crippen molar-refractivity contribution in [2.24, 2.45) is 0 Å². The highest BCUT2D eigenvalue weighted by atomic mass is 35.5. The van der Waals surface area contributed by atoms with Gasteiger partial charge in [0.05, 0.1) is 17.7 Å². The fourth-order valence-electron chi connectivity index (χ4n) is 1.71. The Morgan fingerprint density at radius 3 is 2.72 bits per heavy atom. The lowest BCUT2D eigenvalue weighted by atomic mass is 10.00. The van der Waals surface area contributed by atoms with Crippen molar-refractivity contribution < 1.29 is 9.13 Å². The summed E-state index contributed by atoms with van der Waals surface area (Å²) in [5.41, 5.74) is 1.22. The van der Waals surface area contributed by atoms with E-state index in [1.165, 1.54) is 13.2 Å².